The van der Waals surface area contributed by atoms with Crippen molar-refractivity contribution < 1.29 is 9.13 Å². The van der Waals surface area contributed by atoms with Crippen molar-refractivity contribution in [2.45, 2.75) is 0 Å². The maximum absolute atomic E-state index is 12.5. The van der Waals surface area contributed by atoms with Gasteiger partial charge >= 0.3 is 0 Å². The Morgan fingerprint density at radius 1 is 1.43 bits per heavy atom. The molecule has 0 spiro atoms. The summed E-state index contributed by atoms with van der Waals surface area (Å²) in [5.41, 5.74) is 5.21. The van der Waals surface area contributed by atoms with Gasteiger partial charge in [0.25, 0.3) is 0 Å². The van der Waals surface area contributed by atoms with Crippen LogP contribution >= 0.6 is 12.2 Å². The zero-order chi connectivity index (χ0) is 10.4. The van der Waals surface area contributed by atoms with Gasteiger partial charge in [0.15, 0.2) is 5.11 Å². The van der Waals surface area contributed by atoms with Crippen LogP contribution in [0.4, 0.5) is 4.39 Å². The minimum atomic E-state index is -0.279. The third-order valence-electron chi connectivity index (χ3n) is 1.48. The standard InChI is InChI=1S/C9H11FN2OS/c10-7-1-3-8(4-2-7)13-6-5-12-9(11)14/h1-4H,5-6H2,(H3,11,12,14). The van der Waals surface area contributed by atoms with Gasteiger partial charge in [-0.2, -0.15) is 0 Å². The first-order valence-corrected chi connectivity index (χ1v) is 4.51. The van der Waals surface area contributed by atoms with E-state index in [1.807, 2.05) is 0 Å². The Balaban J connectivity index is 2.25. The molecule has 3 nitrogen and oxygen atoms in total. The summed E-state index contributed by atoms with van der Waals surface area (Å²) in [7, 11) is 0. The van der Waals surface area contributed by atoms with Gasteiger partial charge in [-0.1, -0.05) is 0 Å². The van der Waals surface area contributed by atoms with Gasteiger partial charge in [-0.3, -0.25) is 0 Å². The lowest BCUT2D eigenvalue weighted by Crippen LogP contribution is -2.32. The summed E-state index contributed by atoms with van der Waals surface area (Å²) in [6, 6.07) is 5.82. The van der Waals surface area contributed by atoms with Crippen LogP contribution in [-0.2, 0) is 0 Å². The van der Waals surface area contributed by atoms with E-state index < -0.39 is 0 Å². The van der Waals surface area contributed by atoms with Crippen molar-refractivity contribution in [3.05, 3.63) is 30.1 Å². The minimum absolute atomic E-state index is 0.243. The molecule has 3 N–H and O–H groups in total. The van der Waals surface area contributed by atoms with Gasteiger partial charge in [-0.15, -0.1) is 0 Å². The van der Waals surface area contributed by atoms with E-state index >= 15 is 0 Å². The maximum atomic E-state index is 12.5. The fraction of sp³-hybridized carbons (Fsp3) is 0.222. The number of thiocarbonyl (C=S) groups is 1. The zero-order valence-electron chi connectivity index (χ0n) is 7.50. The monoisotopic (exact) mass is 214 g/mol. The highest BCUT2D eigenvalue weighted by atomic mass is 32.1. The van der Waals surface area contributed by atoms with Crippen molar-refractivity contribution in [1.29, 1.82) is 0 Å². The van der Waals surface area contributed by atoms with Crippen molar-refractivity contribution >= 4 is 17.3 Å². The summed E-state index contributed by atoms with van der Waals surface area (Å²) in [5, 5.41) is 2.98. The highest BCUT2D eigenvalue weighted by Gasteiger charge is 1.94. The van der Waals surface area contributed by atoms with E-state index in [9.17, 15) is 4.39 Å². The summed E-state index contributed by atoms with van der Waals surface area (Å²) in [5.74, 6) is 0.342. The molecule has 0 atom stereocenters. The summed E-state index contributed by atoms with van der Waals surface area (Å²) < 4.78 is 17.7. The van der Waals surface area contributed by atoms with E-state index in [4.69, 9.17) is 10.5 Å². The number of hydrogen-bond donors (Lipinski definition) is 2. The average molecular weight is 214 g/mol. The van der Waals surface area contributed by atoms with Crippen LogP contribution in [0.2, 0.25) is 0 Å². The van der Waals surface area contributed by atoms with Crippen molar-refractivity contribution in [2.24, 2.45) is 5.73 Å². The Morgan fingerprint density at radius 2 is 2.07 bits per heavy atom. The van der Waals surface area contributed by atoms with Crippen molar-refractivity contribution in [3.8, 4) is 5.75 Å². The SMILES string of the molecule is NC(=S)NCCOc1ccc(F)cc1. The topological polar surface area (TPSA) is 47.3 Å². The highest BCUT2D eigenvalue weighted by molar-refractivity contribution is 7.80. The van der Waals surface area contributed by atoms with E-state index in [0.29, 0.717) is 18.9 Å². The summed E-state index contributed by atoms with van der Waals surface area (Å²) in [6.07, 6.45) is 0. The number of hydrogen-bond acceptors (Lipinski definition) is 2. The average Bonchev–Trinajstić information content (AvgIpc) is 2.15. The van der Waals surface area contributed by atoms with Crippen LogP contribution in [0.1, 0.15) is 0 Å². The Bertz CT molecular complexity index is 302. The molecule has 0 unspecified atom stereocenters. The first kappa shape index (κ1) is 10.7. The highest BCUT2D eigenvalue weighted by Crippen LogP contribution is 2.10. The molecule has 14 heavy (non-hydrogen) atoms. The van der Waals surface area contributed by atoms with E-state index in [-0.39, 0.29) is 10.9 Å². The Hall–Kier alpha value is -1.36. The van der Waals surface area contributed by atoms with E-state index in [1.54, 1.807) is 12.1 Å². The Labute approximate surface area is 87.1 Å². The van der Waals surface area contributed by atoms with Crippen LogP contribution in [0.25, 0.3) is 0 Å². The first-order valence-electron chi connectivity index (χ1n) is 4.10. The number of benzene rings is 1. The van der Waals surface area contributed by atoms with Gasteiger partial charge < -0.3 is 15.8 Å². The molecular formula is C9H11FN2OS. The van der Waals surface area contributed by atoms with Crippen LogP contribution in [0.15, 0.2) is 24.3 Å². The van der Waals surface area contributed by atoms with Crippen LogP contribution in [0, 0.1) is 5.82 Å². The molecule has 0 saturated heterocycles. The molecule has 5 heteroatoms. The Morgan fingerprint density at radius 3 is 2.64 bits per heavy atom. The van der Waals surface area contributed by atoms with Crippen molar-refractivity contribution in [1.82, 2.24) is 5.32 Å². The predicted octanol–water partition coefficient (Wildman–Crippen LogP) is 1.04. The number of rotatable bonds is 4. The molecule has 0 aliphatic carbocycles. The van der Waals surface area contributed by atoms with Gasteiger partial charge in [0.2, 0.25) is 0 Å². The van der Waals surface area contributed by atoms with Crippen LogP contribution in [-0.4, -0.2) is 18.3 Å². The lowest BCUT2D eigenvalue weighted by Gasteiger charge is -2.06. The third kappa shape index (κ3) is 4.04. The molecule has 0 aliphatic rings. The molecule has 1 aromatic rings. The van der Waals surface area contributed by atoms with Crippen molar-refractivity contribution in [3.63, 3.8) is 0 Å². The number of ether oxygens (including phenoxy) is 1. The lowest BCUT2D eigenvalue weighted by molar-refractivity contribution is 0.322. The number of halogens is 1. The molecule has 0 saturated carbocycles. The summed E-state index contributed by atoms with van der Waals surface area (Å²) in [4.78, 5) is 0. The van der Waals surface area contributed by atoms with Crippen molar-refractivity contribution in [2.75, 3.05) is 13.2 Å². The number of nitrogens with two attached hydrogens (primary N) is 1. The second-order valence-corrected chi connectivity index (χ2v) is 3.03. The maximum Gasteiger partial charge on any atom is 0.163 e. The molecule has 0 bridgehead atoms. The van der Waals surface area contributed by atoms with Crippen LogP contribution in [0.5, 0.6) is 5.75 Å². The predicted molar refractivity (Wildman–Crippen MR) is 56.7 cm³/mol. The van der Waals surface area contributed by atoms with Crippen LogP contribution in [0.3, 0.4) is 0 Å². The normalized spacial score (nSPS) is 9.50. The van der Waals surface area contributed by atoms with E-state index in [2.05, 4.69) is 17.5 Å². The quantitative estimate of drug-likeness (QED) is 0.580. The second-order valence-electron chi connectivity index (χ2n) is 2.59. The molecular weight excluding hydrogens is 203 g/mol. The molecule has 0 aromatic heterocycles. The first-order chi connectivity index (χ1) is 6.68. The molecule has 0 amide bonds. The van der Waals surface area contributed by atoms with Gasteiger partial charge in [-0.05, 0) is 36.5 Å². The minimum Gasteiger partial charge on any atom is -0.492 e. The molecule has 0 aliphatic heterocycles. The summed E-state index contributed by atoms with van der Waals surface area (Å²) in [6.45, 7) is 0.968. The van der Waals surface area contributed by atoms with Crippen LogP contribution < -0.4 is 15.8 Å². The molecule has 1 rings (SSSR count). The summed E-state index contributed by atoms with van der Waals surface area (Å²) >= 11 is 4.60. The largest absolute Gasteiger partial charge is 0.492 e. The Kier molecular flexibility index (Phi) is 4.12. The van der Waals surface area contributed by atoms with Gasteiger partial charge in [0.05, 0.1) is 6.54 Å². The smallest absolute Gasteiger partial charge is 0.163 e. The second kappa shape index (κ2) is 5.39. The number of nitrogens with one attached hydrogen (secondary N) is 1. The lowest BCUT2D eigenvalue weighted by atomic mass is 10.3. The zero-order valence-corrected chi connectivity index (χ0v) is 8.31. The van der Waals surface area contributed by atoms with Gasteiger partial charge in [-0.25, -0.2) is 4.39 Å². The van der Waals surface area contributed by atoms with E-state index in [0.717, 1.165) is 0 Å². The molecule has 0 heterocycles. The molecule has 76 valence electrons. The molecule has 0 radical (unpaired) electrons. The molecule has 1 aromatic carbocycles. The fourth-order valence-corrected chi connectivity index (χ4v) is 0.976. The fourth-order valence-electron chi connectivity index (χ4n) is 0.874. The van der Waals surface area contributed by atoms with Gasteiger partial charge in [0.1, 0.15) is 18.2 Å². The van der Waals surface area contributed by atoms with E-state index in [1.165, 1.54) is 12.1 Å². The van der Waals surface area contributed by atoms with Gasteiger partial charge in [0, 0.05) is 0 Å². The molecule has 0 fully saturated rings. The third-order valence-corrected chi connectivity index (χ3v) is 1.63.